The van der Waals surface area contributed by atoms with Gasteiger partial charge in [-0.2, -0.15) is 5.11 Å². The summed E-state index contributed by atoms with van der Waals surface area (Å²) < 4.78 is 0. The van der Waals surface area contributed by atoms with E-state index in [4.69, 9.17) is 0 Å². The molecule has 0 saturated heterocycles. The van der Waals surface area contributed by atoms with Gasteiger partial charge in [-0.25, -0.2) is 0 Å². The van der Waals surface area contributed by atoms with Gasteiger partial charge in [0.15, 0.2) is 5.75 Å². The number of carbonyl (C=O) groups excluding carboxylic acids is 2. The van der Waals surface area contributed by atoms with Crippen molar-refractivity contribution in [2.24, 2.45) is 10.2 Å². The van der Waals surface area contributed by atoms with Crippen molar-refractivity contribution in [1.29, 1.82) is 0 Å². The Morgan fingerprint density at radius 2 is 1.67 bits per heavy atom. The van der Waals surface area contributed by atoms with Crippen molar-refractivity contribution in [2.45, 2.75) is 6.92 Å². The molecular weight excluding hydrogens is 462 g/mol. The van der Waals surface area contributed by atoms with Crippen molar-refractivity contribution in [2.75, 3.05) is 12.4 Å². The quantitative estimate of drug-likeness (QED) is 0.180. The van der Waals surface area contributed by atoms with Crippen molar-refractivity contribution >= 4 is 45.3 Å². The Hall–Kier alpha value is -5.12. The molecule has 0 saturated carbocycles. The van der Waals surface area contributed by atoms with Gasteiger partial charge in [-0.15, -0.1) is 5.11 Å². The van der Waals surface area contributed by atoms with Crippen LogP contribution in [-0.2, 0) is 0 Å². The van der Waals surface area contributed by atoms with E-state index in [-0.39, 0.29) is 28.6 Å². The Bertz CT molecular complexity index is 1530. The van der Waals surface area contributed by atoms with Crippen LogP contribution in [0.3, 0.4) is 0 Å². The number of fused-ring (bicyclic) bond motifs is 1. The lowest BCUT2D eigenvalue weighted by molar-refractivity contribution is -0.384. The first-order chi connectivity index (χ1) is 17.3. The first-order valence-electron chi connectivity index (χ1n) is 10.8. The van der Waals surface area contributed by atoms with Crippen molar-refractivity contribution in [3.63, 3.8) is 0 Å². The van der Waals surface area contributed by atoms with Gasteiger partial charge in [-0.3, -0.25) is 19.7 Å². The molecule has 10 heteroatoms. The molecule has 0 atom stereocenters. The number of hydrogen-bond donors (Lipinski definition) is 3. The van der Waals surface area contributed by atoms with Crippen LogP contribution in [0, 0.1) is 17.0 Å². The maximum atomic E-state index is 13.0. The molecule has 0 bridgehead atoms. The summed E-state index contributed by atoms with van der Waals surface area (Å²) in [7, 11) is 1.53. The van der Waals surface area contributed by atoms with Crippen LogP contribution in [0.5, 0.6) is 5.75 Å². The van der Waals surface area contributed by atoms with E-state index in [2.05, 4.69) is 20.9 Å². The third-order valence-electron chi connectivity index (χ3n) is 5.53. The molecule has 0 aromatic heterocycles. The minimum absolute atomic E-state index is 0.0446. The fraction of sp³-hybridized carbons (Fsp3) is 0.0769. The smallest absolute Gasteiger partial charge is 0.269 e. The predicted octanol–water partition coefficient (Wildman–Crippen LogP) is 5.79. The minimum Gasteiger partial charge on any atom is -0.505 e. The fourth-order valence-electron chi connectivity index (χ4n) is 3.56. The number of azo groups is 1. The third kappa shape index (κ3) is 4.87. The zero-order valence-electron chi connectivity index (χ0n) is 19.4. The maximum Gasteiger partial charge on any atom is 0.269 e. The summed E-state index contributed by atoms with van der Waals surface area (Å²) >= 11 is 0. The van der Waals surface area contributed by atoms with E-state index in [0.717, 1.165) is 5.56 Å². The number of hydrogen-bond acceptors (Lipinski definition) is 7. The highest BCUT2D eigenvalue weighted by molar-refractivity contribution is 6.11. The fourth-order valence-corrected chi connectivity index (χ4v) is 3.56. The van der Waals surface area contributed by atoms with E-state index < -0.39 is 10.8 Å². The number of nitro groups is 1. The number of amides is 2. The van der Waals surface area contributed by atoms with Crippen LogP contribution in [0.1, 0.15) is 26.3 Å². The van der Waals surface area contributed by atoms with E-state index in [1.54, 1.807) is 42.5 Å². The second-order valence-corrected chi connectivity index (χ2v) is 7.88. The van der Waals surface area contributed by atoms with Crippen molar-refractivity contribution in [1.82, 2.24) is 5.32 Å². The molecule has 4 rings (SSSR count). The molecule has 36 heavy (non-hydrogen) atoms. The minimum atomic E-state index is -0.624. The number of aromatic hydroxyl groups is 1. The first kappa shape index (κ1) is 24.0. The van der Waals surface area contributed by atoms with Crippen LogP contribution in [0.4, 0.5) is 22.7 Å². The molecule has 0 aliphatic heterocycles. The monoisotopic (exact) mass is 483 g/mol. The number of rotatable bonds is 6. The molecule has 0 aliphatic carbocycles. The van der Waals surface area contributed by atoms with Gasteiger partial charge in [0.1, 0.15) is 5.69 Å². The van der Waals surface area contributed by atoms with E-state index in [1.165, 1.54) is 37.4 Å². The number of non-ortho nitro benzene ring substituents is 1. The number of nitrogens with one attached hydrogen (secondary N) is 2. The summed E-state index contributed by atoms with van der Waals surface area (Å²) in [6.07, 6.45) is 0. The zero-order chi connectivity index (χ0) is 25.8. The van der Waals surface area contributed by atoms with Crippen LogP contribution in [-0.4, -0.2) is 28.9 Å². The number of nitro benzene ring substituents is 1. The van der Waals surface area contributed by atoms with E-state index in [9.17, 15) is 24.8 Å². The Labute approximate surface area is 205 Å². The molecule has 2 amide bonds. The summed E-state index contributed by atoms with van der Waals surface area (Å²) in [4.78, 5) is 35.3. The van der Waals surface area contributed by atoms with Gasteiger partial charge in [0, 0.05) is 35.8 Å². The maximum absolute atomic E-state index is 13.0. The Balaban J connectivity index is 1.74. The van der Waals surface area contributed by atoms with E-state index in [1.807, 2.05) is 6.92 Å². The number of aryl methyl sites for hydroxylation is 1. The van der Waals surface area contributed by atoms with Gasteiger partial charge in [-0.1, -0.05) is 30.3 Å². The zero-order valence-corrected chi connectivity index (χ0v) is 19.4. The number of benzene rings is 4. The number of carbonyl (C=O) groups is 2. The van der Waals surface area contributed by atoms with Gasteiger partial charge in [0.25, 0.3) is 17.5 Å². The largest absolute Gasteiger partial charge is 0.505 e. The second kappa shape index (κ2) is 10.0. The lowest BCUT2D eigenvalue weighted by Gasteiger charge is -2.11. The number of phenols is 1. The van der Waals surface area contributed by atoms with Crippen LogP contribution >= 0.6 is 0 Å². The highest BCUT2D eigenvalue weighted by Crippen LogP contribution is 2.40. The summed E-state index contributed by atoms with van der Waals surface area (Å²) in [6, 6.07) is 18.9. The molecule has 0 fully saturated rings. The highest BCUT2D eigenvalue weighted by atomic mass is 16.6. The number of phenolic OH excluding ortho intramolecular Hbond substituents is 1. The summed E-state index contributed by atoms with van der Waals surface area (Å²) in [6.45, 7) is 1.81. The molecule has 3 N–H and O–H groups in total. The van der Waals surface area contributed by atoms with E-state index in [0.29, 0.717) is 27.7 Å². The predicted molar refractivity (Wildman–Crippen MR) is 135 cm³/mol. The second-order valence-electron chi connectivity index (χ2n) is 7.88. The molecule has 0 unspecified atom stereocenters. The van der Waals surface area contributed by atoms with Gasteiger partial charge < -0.3 is 15.7 Å². The molecule has 0 radical (unpaired) electrons. The topological polar surface area (TPSA) is 146 Å². The Morgan fingerprint density at radius 3 is 2.36 bits per heavy atom. The standard InChI is InChI=1S/C26H21N5O5/c1-15-7-8-17(25(33)27-2)14-22(15)29-30-23-20-6-4-3-5-16(20)13-21(24(23)32)26(34)28-18-9-11-19(12-10-18)31(35)36/h3-14,32H,1-2H3,(H,27,33)(H,28,34)/b30-29+. The lowest BCUT2D eigenvalue weighted by Crippen LogP contribution is -2.17. The van der Waals surface area contributed by atoms with Crippen molar-refractivity contribution in [3.8, 4) is 5.75 Å². The van der Waals surface area contributed by atoms with Crippen molar-refractivity contribution in [3.05, 3.63) is 99.6 Å². The van der Waals surface area contributed by atoms with Crippen LogP contribution in [0.25, 0.3) is 10.8 Å². The summed E-state index contributed by atoms with van der Waals surface area (Å²) in [5.74, 6) is -1.28. The molecule has 0 aliphatic rings. The van der Waals surface area contributed by atoms with Crippen molar-refractivity contribution < 1.29 is 19.6 Å². The van der Waals surface area contributed by atoms with Crippen LogP contribution in [0.15, 0.2) is 83.0 Å². The molecular formula is C26H21N5O5. The van der Waals surface area contributed by atoms with E-state index >= 15 is 0 Å². The Kier molecular flexibility index (Phi) is 6.68. The number of anilines is 1. The van der Waals surface area contributed by atoms with Gasteiger partial charge >= 0.3 is 0 Å². The average molecular weight is 483 g/mol. The summed E-state index contributed by atoms with van der Waals surface area (Å²) in [5, 5.41) is 36.8. The molecule has 0 spiro atoms. The molecule has 4 aromatic rings. The molecule has 4 aromatic carbocycles. The van der Waals surface area contributed by atoms with Gasteiger partial charge in [0.2, 0.25) is 0 Å². The first-order valence-corrected chi connectivity index (χ1v) is 10.8. The average Bonchev–Trinajstić information content (AvgIpc) is 2.88. The molecule has 0 heterocycles. The summed E-state index contributed by atoms with van der Waals surface area (Å²) in [5.41, 5.74) is 1.86. The SMILES string of the molecule is CNC(=O)c1ccc(C)c(/N=N/c2c(O)c(C(=O)Nc3ccc([N+](=O)[O-])cc3)cc3ccccc23)c1. The third-order valence-corrected chi connectivity index (χ3v) is 5.53. The van der Waals surface area contributed by atoms with Crippen LogP contribution in [0.2, 0.25) is 0 Å². The normalized spacial score (nSPS) is 10.9. The highest BCUT2D eigenvalue weighted by Gasteiger charge is 2.19. The van der Waals surface area contributed by atoms with Gasteiger partial charge in [-0.05, 0) is 48.2 Å². The Morgan fingerprint density at radius 1 is 0.944 bits per heavy atom. The molecule has 10 nitrogen and oxygen atoms in total. The lowest BCUT2D eigenvalue weighted by atomic mass is 10.0. The number of nitrogens with zero attached hydrogens (tertiary/aromatic N) is 3. The van der Waals surface area contributed by atoms with Gasteiger partial charge in [0.05, 0.1) is 16.2 Å². The molecule has 180 valence electrons. The van der Waals surface area contributed by atoms with Crippen LogP contribution < -0.4 is 10.6 Å².